The van der Waals surface area contributed by atoms with Crippen molar-refractivity contribution < 1.29 is 4.79 Å². The topological polar surface area (TPSA) is 61.0 Å². The number of nitrogens with zero attached hydrogens (tertiary/aromatic N) is 2. The standard InChI is InChI=1S/C22H24N4O/c27-22(20-9-5-4-8-19(20)21-23-11-12-24-21)25-13-15-26-14-10-18(16-26)17-6-2-1-3-7-17/h1-9,11-12,18H,10,13-16H2,(H,23,24)(H,25,27). The predicted molar refractivity (Wildman–Crippen MR) is 107 cm³/mol. The van der Waals surface area contributed by atoms with Crippen LogP contribution in [-0.4, -0.2) is 47.0 Å². The van der Waals surface area contributed by atoms with Crippen molar-refractivity contribution in [1.82, 2.24) is 20.2 Å². The first-order valence-electron chi connectivity index (χ1n) is 9.45. The molecule has 0 bridgehead atoms. The number of carbonyl (C=O) groups is 1. The average Bonchev–Trinajstić information content (AvgIpc) is 3.41. The fraction of sp³-hybridized carbons (Fsp3) is 0.273. The number of benzene rings is 2. The molecule has 1 saturated heterocycles. The molecule has 1 aromatic heterocycles. The molecule has 1 atom stereocenters. The highest BCUT2D eigenvalue weighted by Crippen LogP contribution is 2.26. The van der Waals surface area contributed by atoms with Gasteiger partial charge in [-0.25, -0.2) is 4.98 Å². The highest BCUT2D eigenvalue weighted by atomic mass is 16.1. The molecule has 0 spiro atoms. The molecule has 0 saturated carbocycles. The normalized spacial score (nSPS) is 17.1. The minimum Gasteiger partial charge on any atom is -0.351 e. The summed E-state index contributed by atoms with van der Waals surface area (Å²) in [6.07, 6.45) is 4.64. The van der Waals surface area contributed by atoms with E-state index in [2.05, 4.69) is 50.5 Å². The quantitative estimate of drug-likeness (QED) is 0.709. The van der Waals surface area contributed by atoms with Crippen molar-refractivity contribution in [2.45, 2.75) is 12.3 Å². The molecule has 3 aromatic rings. The SMILES string of the molecule is O=C(NCCN1CCC(c2ccccc2)C1)c1ccccc1-c1ncc[nH]1. The number of imidazole rings is 1. The second-order valence-electron chi connectivity index (χ2n) is 6.94. The minimum atomic E-state index is -0.0548. The predicted octanol–water partition coefficient (Wildman–Crippen LogP) is 3.30. The van der Waals surface area contributed by atoms with Gasteiger partial charge >= 0.3 is 0 Å². The molecule has 2 heterocycles. The lowest BCUT2D eigenvalue weighted by Crippen LogP contribution is -2.34. The lowest BCUT2D eigenvalue weighted by molar-refractivity contribution is 0.0950. The third-order valence-electron chi connectivity index (χ3n) is 5.18. The molecule has 27 heavy (non-hydrogen) atoms. The highest BCUT2D eigenvalue weighted by Gasteiger charge is 2.23. The largest absolute Gasteiger partial charge is 0.351 e. The fourth-order valence-corrected chi connectivity index (χ4v) is 3.76. The summed E-state index contributed by atoms with van der Waals surface area (Å²) >= 11 is 0. The van der Waals surface area contributed by atoms with E-state index in [1.54, 1.807) is 12.4 Å². The average molecular weight is 360 g/mol. The van der Waals surface area contributed by atoms with Gasteiger partial charge in [-0.05, 0) is 30.5 Å². The summed E-state index contributed by atoms with van der Waals surface area (Å²) in [6, 6.07) is 18.3. The van der Waals surface area contributed by atoms with Crippen LogP contribution in [0.1, 0.15) is 28.3 Å². The van der Waals surface area contributed by atoms with E-state index in [1.807, 2.05) is 24.3 Å². The molecule has 4 rings (SSSR count). The molecule has 0 aliphatic carbocycles. The summed E-state index contributed by atoms with van der Waals surface area (Å²) < 4.78 is 0. The number of nitrogens with one attached hydrogen (secondary N) is 2. The van der Waals surface area contributed by atoms with Crippen molar-refractivity contribution in [3.05, 3.63) is 78.1 Å². The Labute approximate surface area is 159 Å². The van der Waals surface area contributed by atoms with E-state index in [9.17, 15) is 4.79 Å². The molecule has 1 aliphatic heterocycles. The minimum absolute atomic E-state index is 0.0548. The van der Waals surface area contributed by atoms with E-state index in [-0.39, 0.29) is 5.91 Å². The third kappa shape index (κ3) is 4.09. The van der Waals surface area contributed by atoms with Crippen molar-refractivity contribution in [3.8, 4) is 11.4 Å². The van der Waals surface area contributed by atoms with Gasteiger partial charge in [-0.3, -0.25) is 4.79 Å². The van der Waals surface area contributed by atoms with Crippen molar-refractivity contribution in [2.24, 2.45) is 0 Å². The van der Waals surface area contributed by atoms with Gasteiger partial charge in [-0.2, -0.15) is 0 Å². The van der Waals surface area contributed by atoms with Crippen molar-refractivity contribution >= 4 is 5.91 Å². The molecule has 2 N–H and O–H groups in total. The molecule has 1 fully saturated rings. The maximum Gasteiger partial charge on any atom is 0.252 e. The highest BCUT2D eigenvalue weighted by molar-refractivity contribution is 6.00. The maximum absolute atomic E-state index is 12.6. The molecule has 5 heteroatoms. The molecular formula is C22H24N4O. The van der Waals surface area contributed by atoms with Gasteiger partial charge in [-0.1, -0.05) is 48.5 Å². The van der Waals surface area contributed by atoms with E-state index in [0.717, 1.165) is 25.2 Å². The smallest absolute Gasteiger partial charge is 0.252 e. The first-order valence-corrected chi connectivity index (χ1v) is 9.45. The van der Waals surface area contributed by atoms with Crippen LogP contribution in [0.2, 0.25) is 0 Å². The Kier molecular flexibility index (Phi) is 5.30. The first kappa shape index (κ1) is 17.5. The van der Waals surface area contributed by atoms with Crippen LogP contribution in [0.4, 0.5) is 0 Å². The van der Waals surface area contributed by atoms with Gasteiger partial charge in [-0.15, -0.1) is 0 Å². The Morgan fingerprint density at radius 3 is 2.78 bits per heavy atom. The number of hydrogen-bond acceptors (Lipinski definition) is 3. The summed E-state index contributed by atoms with van der Waals surface area (Å²) in [7, 11) is 0. The maximum atomic E-state index is 12.6. The van der Waals surface area contributed by atoms with Gasteiger partial charge in [0.25, 0.3) is 5.91 Å². The summed E-state index contributed by atoms with van der Waals surface area (Å²) in [6.45, 7) is 3.66. The van der Waals surface area contributed by atoms with Gasteiger partial charge in [0.1, 0.15) is 5.82 Å². The zero-order chi connectivity index (χ0) is 18.5. The van der Waals surface area contributed by atoms with Crippen LogP contribution in [0.25, 0.3) is 11.4 Å². The van der Waals surface area contributed by atoms with Crippen LogP contribution in [0.5, 0.6) is 0 Å². The monoisotopic (exact) mass is 360 g/mol. The van der Waals surface area contributed by atoms with Gasteiger partial charge in [0.15, 0.2) is 0 Å². The molecule has 5 nitrogen and oxygen atoms in total. The van der Waals surface area contributed by atoms with Crippen LogP contribution in [0.3, 0.4) is 0 Å². The van der Waals surface area contributed by atoms with Gasteiger partial charge in [0, 0.05) is 37.6 Å². The van der Waals surface area contributed by atoms with Crippen molar-refractivity contribution in [1.29, 1.82) is 0 Å². The van der Waals surface area contributed by atoms with Crippen LogP contribution in [0, 0.1) is 0 Å². The molecule has 0 radical (unpaired) electrons. The van der Waals surface area contributed by atoms with E-state index in [0.29, 0.717) is 23.9 Å². The van der Waals surface area contributed by atoms with Crippen LogP contribution in [-0.2, 0) is 0 Å². The molecule has 1 unspecified atom stereocenters. The Bertz CT molecular complexity index is 876. The number of amides is 1. The second kappa shape index (κ2) is 8.18. The first-order chi connectivity index (χ1) is 13.3. The Morgan fingerprint density at radius 2 is 1.96 bits per heavy atom. The second-order valence-corrected chi connectivity index (χ2v) is 6.94. The Hall–Kier alpha value is -2.92. The van der Waals surface area contributed by atoms with Gasteiger partial charge in [0.05, 0.1) is 5.56 Å². The molecule has 138 valence electrons. The van der Waals surface area contributed by atoms with E-state index >= 15 is 0 Å². The van der Waals surface area contributed by atoms with E-state index in [4.69, 9.17) is 0 Å². The lowest BCUT2D eigenvalue weighted by atomic mass is 9.99. The molecular weight excluding hydrogens is 336 g/mol. The van der Waals surface area contributed by atoms with Crippen molar-refractivity contribution in [2.75, 3.05) is 26.2 Å². The third-order valence-corrected chi connectivity index (χ3v) is 5.18. The number of rotatable bonds is 6. The Balaban J connectivity index is 1.31. The molecule has 1 aliphatic rings. The van der Waals surface area contributed by atoms with E-state index < -0.39 is 0 Å². The van der Waals surface area contributed by atoms with E-state index in [1.165, 1.54) is 12.0 Å². The van der Waals surface area contributed by atoms with Crippen LogP contribution in [0.15, 0.2) is 67.0 Å². The number of aromatic nitrogens is 2. The summed E-state index contributed by atoms with van der Waals surface area (Å²) in [5.74, 6) is 1.26. The number of aromatic amines is 1. The molecule has 1 amide bonds. The Morgan fingerprint density at radius 1 is 1.15 bits per heavy atom. The van der Waals surface area contributed by atoms with Gasteiger partial charge < -0.3 is 15.2 Å². The number of carbonyl (C=O) groups excluding carboxylic acids is 1. The van der Waals surface area contributed by atoms with Crippen LogP contribution < -0.4 is 5.32 Å². The molecule has 2 aromatic carbocycles. The van der Waals surface area contributed by atoms with Crippen molar-refractivity contribution in [3.63, 3.8) is 0 Å². The number of hydrogen-bond donors (Lipinski definition) is 2. The number of H-pyrrole nitrogens is 1. The fourth-order valence-electron chi connectivity index (χ4n) is 3.76. The lowest BCUT2D eigenvalue weighted by Gasteiger charge is -2.17. The zero-order valence-electron chi connectivity index (χ0n) is 15.3. The number of likely N-dealkylation sites (tertiary alicyclic amines) is 1. The summed E-state index contributed by atoms with van der Waals surface area (Å²) in [4.78, 5) is 22.4. The zero-order valence-corrected chi connectivity index (χ0v) is 15.3. The van der Waals surface area contributed by atoms with Crippen LogP contribution >= 0.6 is 0 Å². The summed E-state index contributed by atoms with van der Waals surface area (Å²) in [5, 5.41) is 3.06. The van der Waals surface area contributed by atoms with Gasteiger partial charge in [0.2, 0.25) is 0 Å². The summed E-state index contributed by atoms with van der Waals surface area (Å²) in [5.41, 5.74) is 2.89.